The Kier molecular flexibility index (Phi) is 4.25. The molecule has 2 N–H and O–H groups in total. The van der Waals surface area contributed by atoms with Gasteiger partial charge in [0.05, 0.1) is 24.9 Å². The van der Waals surface area contributed by atoms with Crippen LogP contribution in [-0.2, 0) is 6.54 Å². The second-order valence-electron chi connectivity index (χ2n) is 5.99. The number of methoxy groups -OCH3 is 1. The van der Waals surface area contributed by atoms with Crippen molar-refractivity contribution < 1.29 is 4.74 Å². The van der Waals surface area contributed by atoms with Gasteiger partial charge in [-0.15, -0.1) is 0 Å². The fraction of sp³-hybridized carbons (Fsp3) is 0.263. The van der Waals surface area contributed by atoms with E-state index in [0.29, 0.717) is 12.4 Å². The summed E-state index contributed by atoms with van der Waals surface area (Å²) in [6.07, 6.45) is 1.86. The van der Waals surface area contributed by atoms with Crippen LogP contribution in [0.5, 0.6) is 5.75 Å². The first-order valence-corrected chi connectivity index (χ1v) is 7.86. The molecule has 0 unspecified atom stereocenters. The molecule has 2 aromatic heterocycles. The molecule has 0 radical (unpaired) electrons. The van der Waals surface area contributed by atoms with Crippen LogP contribution >= 0.6 is 0 Å². The van der Waals surface area contributed by atoms with Gasteiger partial charge in [0.1, 0.15) is 11.6 Å². The van der Waals surface area contributed by atoms with E-state index in [4.69, 9.17) is 10.5 Å². The summed E-state index contributed by atoms with van der Waals surface area (Å²) in [6, 6.07) is 9.92. The number of pyridine rings is 2. The summed E-state index contributed by atoms with van der Waals surface area (Å²) in [5.74, 6) is 1.41. The van der Waals surface area contributed by atoms with Crippen molar-refractivity contribution in [3.8, 4) is 5.75 Å². The average molecular weight is 322 g/mol. The van der Waals surface area contributed by atoms with Crippen LogP contribution in [0.2, 0.25) is 0 Å². The summed E-state index contributed by atoms with van der Waals surface area (Å²) in [6.45, 7) is 4.71. The fourth-order valence-electron chi connectivity index (χ4n) is 3.03. The molecule has 3 aromatic rings. The number of ether oxygens (including phenoxy) is 1. The monoisotopic (exact) mass is 322 g/mol. The topological polar surface area (TPSA) is 64.3 Å². The Morgan fingerprint density at radius 2 is 1.96 bits per heavy atom. The van der Waals surface area contributed by atoms with E-state index in [1.807, 2.05) is 51.4 Å². The van der Waals surface area contributed by atoms with Gasteiger partial charge in [-0.1, -0.05) is 18.2 Å². The molecule has 0 amide bonds. The molecule has 1 aromatic carbocycles. The van der Waals surface area contributed by atoms with Gasteiger partial charge >= 0.3 is 0 Å². The number of anilines is 2. The number of rotatable bonds is 4. The minimum Gasteiger partial charge on any atom is -0.496 e. The molecule has 0 aliphatic rings. The number of nitrogen functional groups attached to an aromatic ring is 1. The number of hydrogen-bond acceptors (Lipinski definition) is 5. The predicted molar refractivity (Wildman–Crippen MR) is 98.5 cm³/mol. The Balaban J connectivity index is 2.01. The van der Waals surface area contributed by atoms with Crippen LogP contribution in [0.3, 0.4) is 0 Å². The Morgan fingerprint density at radius 1 is 1.21 bits per heavy atom. The summed E-state index contributed by atoms with van der Waals surface area (Å²) >= 11 is 0. The number of nitrogens with zero attached hydrogens (tertiary/aromatic N) is 3. The van der Waals surface area contributed by atoms with Crippen LogP contribution in [-0.4, -0.2) is 24.1 Å². The van der Waals surface area contributed by atoms with Crippen molar-refractivity contribution in [2.75, 3.05) is 24.8 Å². The van der Waals surface area contributed by atoms with E-state index in [1.54, 1.807) is 7.11 Å². The molecule has 2 heterocycles. The smallest absolute Gasteiger partial charge is 0.128 e. The molecule has 0 atom stereocenters. The highest BCUT2D eigenvalue weighted by molar-refractivity contribution is 5.93. The zero-order chi connectivity index (χ0) is 17.3. The van der Waals surface area contributed by atoms with Crippen molar-refractivity contribution in [3.05, 3.63) is 53.3 Å². The normalized spacial score (nSPS) is 10.8. The molecular weight excluding hydrogens is 300 g/mol. The lowest BCUT2D eigenvalue weighted by Crippen LogP contribution is -2.19. The SMILES string of the molecule is COc1c(C)cnc(CN(C)c2cc(N)nc3ccccc23)c1C. The van der Waals surface area contributed by atoms with Gasteiger partial charge in [0.2, 0.25) is 0 Å². The number of aryl methyl sites for hydroxylation is 1. The Bertz CT molecular complexity index is 892. The molecule has 0 spiro atoms. The minimum atomic E-state index is 0.515. The summed E-state index contributed by atoms with van der Waals surface area (Å²) in [7, 11) is 3.73. The third-order valence-corrected chi connectivity index (χ3v) is 4.26. The molecule has 5 nitrogen and oxygen atoms in total. The summed E-state index contributed by atoms with van der Waals surface area (Å²) in [5, 5.41) is 1.07. The van der Waals surface area contributed by atoms with E-state index in [0.717, 1.165) is 39.2 Å². The van der Waals surface area contributed by atoms with Gasteiger partial charge in [-0.3, -0.25) is 4.98 Å². The van der Waals surface area contributed by atoms with Crippen molar-refractivity contribution >= 4 is 22.4 Å². The van der Waals surface area contributed by atoms with Crippen molar-refractivity contribution in [2.45, 2.75) is 20.4 Å². The van der Waals surface area contributed by atoms with Crippen molar-refractivity contribution in [3.63, 3.8) is 0 Å². The maximum absolute atomic E-state index is 5.98. The summed E-state index contributed by atoms with van der Waals surface area (Å²) < 4.78 is 5.50. The molecule has 5 heteroatoms. The van der Waals surface area contributed by atoms with Crippen LogP contribution in [0.15, 0.2) is 36.5 Å². The molecular formula is C19H22N4O. The van der Waals surface area contributed by atoms with Crippen molar-refractivity contribution in [2.24, 2.45) is 0 Å². The van der Waals surface area contributed by atoms with Gasteiger partial charge in [-0.2, -0.15) is 0 Å². The van der Waals surface area contributed by atoms with Gasteiger partial charge in [-0.25, -0.2) is 4.98 Å². The molecule has 0 saturated carbocycles. The van der Waals surface area contributed by atoms with E-state index >= 15 is 0 Å². The molecule has 3 rings (SSSR count). The highest BCUT2D eigenvalue weighted by Crippen LogP contribution is 2.30. The summed E-state index contributed by atoms with van der Waals surface area (Å²) in [4.78, 5) is 11.1. The van der Waals surface area contributed by atoms with E-state index < -0.39 is 0 Å². The van der Waals surface area contributed by atoms with E-state index in [2.05, 4.69) is 20.9 Å². The molecule has 0 aliphatic heterocycles. The highest BCUT2D eigenvalue weighted by atomic mass is 16.5. The number of aromatic nitrogens is 2. The van der Waals surface area contributed by atoms with Gasteiger partial charge < -0.3 is 15.4 Å². The minimum absolute atomic E-state index is 0.515. The van der Waals surface area contributed by atoms with Crippen molar-refractivity contribution in [1.82, 2.24) is 9.97 Å². The Hall–Kier alpha value is -2.82. The van der Waals surface area contributed by atoms with Crippen LogP contribution in [0, 0.1) is 13.8 Å². The average Bonchev–Trinajstić information content (AvgIpc) is 2.57. The maximum Gasteiger partial charge on any atom is 0.128 e. The van der Waals surface area contributed by atoms with Crippen LogP contribution in [0.4, 0.5) is 11.5 Å². The third-order valence-electron chi connectivity index (χ3n) is 4.26. The zero-order valence-corrected chi connectivity index (χ0v) is 14.5. The number of hydrogen-bond donors (Lipinski definition) is 1. The standard InChI is InChI=1S/C19H22N4O/c1-12-10-21-16(13(2)19(12)24-4)11-23(3)17-9-18(20)22-15-8-6-5-7-14(15)17/h5-10H,11H2,1-4H3,(H2,20,22). The molecule has 124 valence electrons. The zero-order valence-electron chi connectivity index (χ0n) is 14.5. The quantitative estimate of drug-likeness (QED) is 0.797. The number of benzene rings is 1. The maximum atomic E-state index is 5.98. The van der Waals surface area contributed by atoms with E-state index in [-0.39, 0.29) is 0 Å². The van der Waals surface area contributed by atoms with E-state index in [1.165, 1.54) is 0 Å². The molecule has 0 fully saturated rings. The second kappa shape index (κ2) is 6.35. The number of fused-ring (bicyclic) bond motifs is 1. The van der Waals surface area contributed by atoms with Crippen molar-refractivity contribution in [1.29, 1.82) is 0 Å². The number of para-hydroxylation sites is 1. The molecule has 24 heavy (non-hydrogen) atoms. The van der Waals surface area contributed by atoms with Crippen LogP contribution < -0.4 is 15.4 Å². The van der Waals surface area contributed by atoms with Gasteiger partial charge in [0.15, 0.2) is 0 Å². The first kappa shape index (κ1) is 16.1. The van der Waals surface area contributed by atoms with Crippen LogP contribution in [0.1, 0.15) is 16.8 Å². The first-order valence-electron chi connectivity index (χ1n) is 7.86. The van der Waals surface area contributed by atoms with Gasteiger partial charge in [-0.05, 0) is 19.9 Å². The van der Waals surface area contributed by atoms with E-state index in [9.17, 15) is 0 Å². The molecule has 0 bridgehead atoms. The second-order valence-corrected chi connectivity index (χ2v) is 5.99. The molecule has 0 saturated heterocycles. The van der Waals surface area contributed by atoms with Gasteiger partial charge in [0, 0.05) is 41.5 Å². The fourth-order valence-corrected chi connectivity index (χ4v) is 3.03. The predicted octanol–water partition coefficient (Wildman–Crippen LogP) is 3.47. The Morgan fingerprint density at radius 3 is 2.71 bits per heavy atom. The lowest BCUT2D eigenvalue weighted by atomic mass is 10.1. The van der Waals surface area contributed by atoms with Gasteiger partial charge in [0.25, 0.3) is 0 Å². The highest BCUT2D eigenvalue weighted by Gasteiger charge is 2.14. The van der Waals surface area contributed by atoms with Crippen LogP contribution in [0.25, 0.3) is 10.9 Å². The lowest BCUT2D eigenvalue weighted by molar-refractivity contribution is 0.407. The third kappa shape index (κ3) is 2.85. The Labute approximate surface area is 142 Å². The summed E-state index contributed by atoms with van der Waals surface area (Å²) in [5.41, 5.74) is 11.0. The molecule has 0 aliphatic carbocycles. The number of nitrogens with two attached hydrogens (primary N) is 1. The first-order chi connectivity index (χ1) is 11.5. The lowest BCUT2D eigenvalue weighted by Gasteiger charge is -2.23. The largest absolute Gasteiger partial charge is 0.496 e.